The predicted molar refractivity (Wildman–Crippen MR) is 92.7 cm³/mol. The molecule has 6 nitrogen and oxygen atoms in total. The molecule has 1 fully saturated rings. The largest absolute Gasteiger partial charge is 0.383 e. The van der Waals surface area contributed by atoms with Crippen LogP contribution in [0.15, 0.2) is 24.3 Å². The van der Waals surface area contributed by atoms with E-state index in [1.54, 1.807) is 7.11 Å². The molecule has 0 radical (unpaired) electrons. The van der Waals surface area contributed by atoms with Crippen LogP contribution in [0.2, 0.25) is 0 Å². The zero-order valence-corrected chi connectivity index (χ0v) is 14.9. The van der Waals surface area contributed by atoms with Crippen LogP contribution < -0.4 is 0 Å². The van der Waals surface area contributed by atoms with E-state index < -0.39 is 0 Å². The van der Waals surface area contributed by atoms with Gasteiger partial charge in [-0.15, -0.1) is 5.10 Å². The quantitative estimate of drug-likeness (QED) is 0.815. The van der Waals surface area contributed by atoms with Crippen LogP contribution in [0.4, 0.5) is 0 Å². The lowest BCUT2D eigenvalue weighted by Crippen LogP contribution is -2.38. The van der Waals surface area contributed by atoms with Crippen LogP contribution >= 0.6 is 0 Å². The fraction of sp³-hybridized carbons (Fsp3) is 0.611. The van der Waals surface area contributed by atoms with E-state index in [0.29, 0.717) is 13.2 Å². The summed E-state index contributed by atoms with van der Waals surface area (Å²) in [6.07, 6.45) is 2.45. The van der Waals surface area contributed by atoms with Crippen molar-refractivity contribution < 1.29 is 4.74 Å². The fourth-order valence-corrected chi connectivity index (χ4v) is 3.30. The van der Waals surface area contributed by atoms with Gasteiger partial charge in [0.1, 0.15) is 0 Å². The number of tetrazole rings is 1. The lowest BCUT2D eigenvalue weighted by Gasteiger charge is -2.36. The van der Waals surface area contributed by atoms with E-state index in [9.17, 15) is 0 Å². The minimum absolute atomic E-state index is 0.102. The third-order valence-corrected chi connectivity index (χ3v) is 4.89. The Hall–Kier alpha value is -1.79. The zero-order chi connectivity index (χ0) is 16.9. The Morgan fingerprint density at radius 2 is 1.92 bits per heavy atom. The first-order valence-electron chi connectivity index (χ1n) is 8.74. The van der Waals surface area contributed by atoms with E-state index in [1.807, 2.05) is 4.68 Å². The Morgan fingerprint density at radius 1 is 1.21 bits per heavy atom. The number of aryl methyl sites for hydroxylation is 1. The van der Waals surface area contributed by atoms with Gasteiger partial charge in [-0.3, -0.25) is 4.90 Å². The lowest BCUT2D eigenvalue weighted by molar-refractivity contribution is 0.144. The van der Waals surface area contributed by atoms with Crippen LogP contribution in [0.25, 0.3) is 0 Å². The molecule has 1 atom stereocenters. The summed E-state index contributed by atoms with van der Waals surface area (Å²) >= 11 is 0. The molecule has 1 aliphatic heterocycles. The van der Waals surface area contributed by atoms with Crippen LogP contribution in [0.5, 0.6) is 0 Å². The molecular formula is C18H27N5O. The van der Waals surface area contributed by atoms with Gasteiger partial charge < -0.3 is 4.74 Å². The van der Waals surface area contributed by atoms with Crippen molar-refractivity contribution in [2.24, 2.45) is 5.92 Å². The molecule has 130 valence electrons. The second kappa shape index (κ2) is 7.85. The van der Waals surface area contributed by atoms with Gasteiger partial charge in [-0.05, 0) is 54.8 Å². The van der Waals surface area contributed by atoms with E-state index in [-0.39, 0.29) is 6.04 Å². The van der Waals surface area contributed by atoms with Gasteiger partial charge in [0.2, 0.25) is 0 Å². The maximum absolute atomic E-state index is 5.20. The average Bonchev–Trinajstić information content (AvgIpc) is 3.05. The Labute approximate surface area is 143 Å². The highest BCUT2D eigenvalue weighted by Gasteiger charge is 2.30. The number of hydrogen-bond acceptors (Lipinski definition) is 5. The third kappa shape index (κ3) is 3.82. The molecule has 0 bridgehead atoms. The molecule has 1 unspecified atom stereocenters. The molecule has 0 amide bonds. The highest BCUT2D eigenvalue weighted by molar-refractivity contribution is 5.28. The topological polar surface area (TPSA) is 56.1 Å². The van der Waals surface area contributed by atoms with Crippen LogP contribution in [0.3, 0.4) is 0 Å². The smallest absolute Gasteiger partial charge is 0.173 e. The van der Waals surface area contributed by atoms with Gasteiger partial charge in [0.15, 0.2) is 5.82 Å². The SMILES string of the molecule is COCCn1nnnc1C(c1ccc(C)cc1)N1CCC(C)CC1. The lowest BCUT2D eigenvalue weighted by atomic mass is 9.95. The highest BCUT2D eigenvalue weighted by Crippen LogP contribution is 2.31. The van der Waals surface area contributed by atoms with E-state index in [1.165, 1.54) is 24.0 Å². The number of nitrogens with zero attached hydrogens (tertiary/aromatic N) is 5. The van der Waals surface area contributed by atoms with Crippen molar-refractivity contribution in [2.75, 3.05) is 26.8 Å². The van der Waals surface area contributed by atoms with Crippen LogP contribution in [0, 0.1) is 12.8 Å². The minimum atomic E-state index is 0.102. The van der Waals surface area contributed by atoms with Crippen LogP contribution in [0.1, 0.15) is 42.8 Å². The van der Waals surface area contributed by atoms with Gasteiger partial charge >= 0.3 is 0 Å². The van der Waals surface area contributed by atoms with Crippen molar-refractivity contribution in [2.45, 2.75) is 39.3 Å². The summed E-state index contributed by atoms with van der Waals surface area (Å²) in [5.74, 6) is 1.70. The summed E-state index contributed by atoms with van der Waals surface area (Å²) in [7, 11) is 1.70. The van der Waals surface area contributed by atoms with E-state index in [0.717, 1.165) is 24.8 Å². The molecule has 6 heteroatoms. The molecule has 3 rings (SSSR count). The average molecular weight is 329 g/mol. The number of ether oxygens (including phenoxy) is 1. The Kier molecular flexibility index (Phi) is 5.58. The van der Waals surface area contributed by atoms with E-state index in [2.05, 4.69) is 58.5 Å². The van der Waals surface area contributed by atoms with Crippen molar-refractivity contribution in [3.05, 3.63) is 41.2 Å². The fourth-order valence-electron chi connectivity index (χ4n) is 3.30. The second-order valence-electron chi connectivity index (χ2n) is 6.78. The normalized spacial score (nSPS) is 18.0. The molecule has 1 aromatic carbocycles. The summed E-state index contributed by atoms with van der Waals surface area (Å²) in [6, 6.07) is 8.84. The number of aromatic nitrogens is 4. The Bertz CT molecular complexity index is 631. The Morgan fingerprint density at radius 3 is 2.58 bits per heavy atom. The summed E-state index contributed by atoms with van der Waals surface area (Å²) in [5, 5.41) is 12.5. The molecule has 0 saturated carbocycles. The van der Waals surface area contributed by atoms with Crippen molar-refractivity contribution in [1.29, 1.82) is 0 Å². The molecule has 1 saturated heterocycles. The molecular weight excluding hydrogens is 302 g/mol. The number of likely N-dealkylation sites (tertiary alicyclic amines) is 1. The highest BCUT2D eigenvalue weighted by atomic mass is 16.5. The monoisotopic (exact) mass is 329 g/mol. The maximum atomic E-state index is 5.20. The molecule has 0 N–H and O–H groups in total. The zero-order valence-electron chi connectivity index (χ0n) is 14.9. The van der Waals surface area contributed by atoms with Gasteiger partial charge in [-0.2, -0.15) is 0 Å². The number of methoxy groups -OCH3 is 1. The Balaban J connectivity index is 1.92. The molecule has 1 aromatic heterocycles. The summed E-state index contributed by atoms with van der Waals surface area (Å²) in [6.45, 7) is 7.89. The standard InChI is InChI=1S/C18H27N5O/c1-14-4-6-16(7-5-14)17(22-10-8-15(2)9-11-22)18-19-20-21-23(18)12-13-24-3/h4-7,15,17H,8-13H2,1-3H3. The second-order valence-corrected chi connectivity index (χ2v) is 6.78. The van der Waals surface area contributed by atoms with E-state index in [4.69, 9.17) is 4.74 Å². The third-order valence-electron chi connectivity index (χ3n) is 4.89. The molecule has 0 aliphatic carbocycles. The van der Waals surface area contributed by atoms with Crippen LogP contribution in [-0.2, 0) is 11.3 Å². The number of hydrogen-bond donors (Lipinski definition) is 0. The summed E-state index contributed by atoms with van der Waals surface area (Å²) in [5.41, 5.74) is 2.52. The summed E-state index contributed by atoms with van der Waals surface area (Å²) < 4.78 is 7.08. The van der Waals surface area contributed by atoms with Gasteiger partial charge in [-0.25, -0.2) is 4.68 Å². The maximum Gasteiger partial charge on any atom is 0.173 e. The van der Waals surface area contributed by atoms with Crippen molar-refractivity contribution in [1.82, 2.24) is 25.1 Å². The molecule has 1 aliphatic rings. The van der Waals surface area contributed by atoms with Crippen LogP contribution in [-0.4, -0.2) is 51.9 Å². The molecule has 2 aromatic rings. The van der Waals surface area contributed by atoms with Crippen molar-refractivity contribution in [3.63, 3.8) is 0 Å². The number of piperidine rings is 1. The van der Waals surface area contributed by atoms with Gasteiger partial charge in [0.25, 0.3) is 0 Å². The van der Waals surface area contributed by atoms with Gasteiger partial charge in [0.05, 0.1) is 19.2 Å². The first-order chi connectivity index (χ1) is 11.7. The van der Waals surface area contributed by atoms with Gasteiger partial charge in [0, 0.05) is 7.11 Å². The predicted octanol–water partition coefficient (Wildman–Crippen LogP) is 2.45. The first-order valence-corrected chi connectivity index (χ1v) is 8.74. The first kappa shape index (κ1) is 17.0. The number of rotatable bonds is 6. The molecule has 24 heavy (non-hydrogen) atoms. The van der Waals surface area contributed by atoms with Gasteiger partial charge in [-0.1, -0.05) is 36.8 Å². The molecule has 0 spiro atoms. The minimum Gasteiger partial charge on any atom is -0.383 e. The van der Waals surface area contributed by atoms with E-state index >= 15 is 0 Å². The van der Waals surface area contributed by atoms with Crippen molar-refractivity contribution >= 4 is 0 Å². The van der Waals surface area contributed by atoms with Crippen molar-refractivity contribution in [3.8, 4) is 0 Å². The molecule has 2 heterocycles. The number of benzene rings is 1. The summed E-state index contributed by atoms with van der Waals surface area (Å²) in [4.78, 5) is 2.51.